The van der Waals surface area contributed by atoms with Crippen LogP contribution in [0.5, 0.6) is 0 Å². The average Bonchev–Trinajstić information content (AvgIpc) is 3.14. The van der Waals surface area contributed by atoms with E-state index in [4.69, 9.17) is 4.74 Å². The number of allylic oxidation sites excluding steroid dienone is 1. The van der Waals surface area contributed by atoms with Gasteiger partial charge in [0.05, 0.1) is 24.1 Å². The Morgan fingerprint density at radius 2 is 1.82 bits per heavy atom. The molecule has 184 valence electrons. The lowest BCUT2D eigenvalue weighted by molar-refractivity contribution is -0.144. The molecule has 1 aromatic carbocycles. The number of halogens is 3. The molecule has 0 fully saturated rings. The molecule has 0 aliphatic carbocycles. The normalized spacial score (nSPS) is 18.2. The van der Waals surface area contributed by atoms with Crippen molar-refractivity contribution in [2.24, 2.45) is 4.99 Å². The van der Waals surface area contributed by atoms with Crippen LogP contribution >= 0.6 is 11.8 Å². The summed E-state index contributed by atoms with van der Waals surface area (Å²) in [7, 11) is 0. The van der Waals surface area contributed by atoms with E-state index in [0.29, 0.717) is 17.8 Å². The van der Waals surface area contributed by atoms with E-state index in [2.05, 4.69) is 10.3 Å². The van der Waals surface area contributed by atoms with Gasteiger partial charge in [0.2, 0.25) is 5.91 Å². The lowest BCUT2D eigenvalue weighted by atomic mass is 9.91. The Kier molecular flexibility index (Phi) is 7.80. The van der Waals surface area contributed by atoms with E-state index in [0.717, 1.165) is 17.3 Å². The summed E-state index contributed by atoms with van der Waals surface area (Å²) >= 11 is 0.996. The van der Waals surface area contributed by atoms with Gasteiger partial charge in [0.25, 0.3) is 0 Å². The molecule has 6 nitrogen and oxygen atoms in total. The highest BCUT2D eigenvalue weighted by Crippen LogP contribution is 2.48. The number of ether oxygens (including phenoxy) is 1. The minimum absolute atomic E-state index is 0.0608. The van der Waals surface area contributed by atoms with Gasteiger partial charge in [-0.05, 0) is 43.2 Å². The minimum atomic E-state index is -4.87. The summed E-state index contributed by atoms with van der Waals surface area (Å²) in [6, 6.07) is 5.95. The Morgan fingerprint density at radius 1 is 1.18 bits per heavy atom. The zero-order valence-corrected chi connectivity index (χ0v) is 20.5. The number of alkyl halides is 3. The van der Waals surface area contributed by atoms with Gasteiger partial charge >= 0.3 is 12.1 Å². The molecule has 3 rings (SSSR count). The number of hydrogen-bond acceptors (Lipinski definition) is 6. The number of aliphatic imine (C=N–C) groups is 1. The van der Waals surface area contributed by atoms with Crippen LogP contribution in [0.15, 0.2) is 51.6 Å². The number of fused-ring (bicyclic) bond motifs is 1. The highest BCUT2D eigenvalue weighted by atomic mass is 32.2. The van der Waals surface area contributed by atoms with Gasteiger partial charge in [0.15, 0.2) is 10.9 Å². The smallest absolute Gasteiger partial charge is 0.434 e. The van der Waals surface area contributed by atoms with Crippen LogP contribution in [0.1, 0.15) is 64.1 Å². The molecule has 1 aromatic rings. The van der Waals surface area contributed by atoms with Crippen LogP contribution in [-0.2, 0) is 14.3 Å². The van der Waals surface area contributed by atoms with E-state index < -0.39 is 35.6 Å². The standard InChI is InChI=1S/C24H28F3N3O3S/c1-6-28-18(31)11-17-12-34-23-29-21(24(25,26)27)19(22(32)33-14(4)5)20(30(17)23)16-9-7-15(8-10-16)13(2)3/h7-10,12-14,20H,6,11H2,1-5H3,(H,28,31). The number of amidine groups is 1. The molecule has 1 atom stereocenters. The predicted octanol–water partition coefficient (Wildman–Crippen LogP) is 5.41. The van der Waals surface area contributed by atoms with Gasteiger partial charge in [-0.1, -0.05) is 49.9 Å². The number of carbonyl (C=O) groups is 2. The van der Waals surface area contributed by atoms with Crippen LogP contribution in [-0.4, -0.2) is 40.8 Å². The molecule has 0 bridgehead atoms. The number of nitrogens with zero attached hydrogens (tertiary/aromatic N) is 2. The molecule has 2 heterocycles. The fourth-order valence-corrected chi connectivity index (χ4v) is 4.68. The second kappa shape index (κ2) is 10.2. The third-order valence-corrected chi connectivity index (χ3v) is 6.16. The van der Waals surface area contributed by atoms with Gasteiger partial charge < -0.3 is 15.0 Å². The Morgan fingerprint density at radius 3 is 2.35 bits per heavy atom. The van der Waals surface area contributed by atoms with Crippen LogP contribution in [0.3, 0.4) is 0 Å². The summed E-state index contributed by atoms with van der Waals surface area (Å²) in [5, 5.41) is 4.36. The molecular formula is C24H28F3N3O3S. The zero-order chi connectivity index (χ0) is 25.2. The van der Waals surface area contributed by atoms with Gasteiger partial charge in [0, 0.05) is 12.2 Å². The maximum atomic E-state index is 14.1. The number of hydrogen-bond donors (Lipinski definition) is 1. The predicted molar refractivity (Wildman–Crippen MR) is 126 cm³/mol. The second-order valence-electron chi connectivity index (χ2n) is 8.56. The van der Waals surface area contributed by atoms with Crippen molar-refractivity contribution >= 4 is 28.8 Å². The van der Waals surface area contributed by atoms with Crippen LogP contribution < -0.4 is 5.32 Å². The van der Waals surface area contributed by atoms with Gasteiger partial charge in [-0.3, -0.25) is 4.79 Å². The second-order valence-corrected chi connectivity index (χ2v) is 9.40. The fourth-order valence-electron chi connectivity index (χ4n) is 3.76. The maximum Gasteiger partial charge on any atom is 0.434 e. The van der Waals surface area contributed by atoms with Crippen molar-refractivity contribution in [2.75, 3.05) is 6.54 Å². The molecule has 1 N–H and O–H groups in total. The van der Waals surface area contributed by atoms with Crippen LogP contribution in [0, 0.1) is 0 Å². The SMILES string of the molecule is CCNC(=O)CC1=CSC2=NC(C(F)(F)F)=C(C(=O)OC(C)C)C(c3ccc(C(C)C)cc3)N12. The lowest BCUT2D eigenvalue weighted by Gasteiger charge is -2.37. The molecule has 1 amide bonds. The van der Waals surface area contributed by atoms with Crippen molar-refractivity contribution in [1.82, 2.24) is 10.2 Å². The third-order valence-electron chi connectivity index (χ3n) is 5.28. The van der Waals surface area contributed by atoms with Gasteiger partial charge in [0.1, 0.15) is 0 Å². The minimum Gasteiger partial charge on any atom is -0.459 e. The molecule has 1 unspecified atom stereocenters. The number of rotatable bonds is 7. The molecular weight excluding hydrogens is 467 g/mol. The van der Waals surface area contributed by atoms with Crippen molar-refractivity contribution in [3.8, 4) is 0 Å². The summed E-state index contributed by atoms with van der Waals surface area (Å²) in [4.78, 5) is 30.7. The number of esters is 1. The van der Waals surface area contributed by atoms with Gasteiger partial charge in [-0.2, -0.15) is 13.2 Å². The number of thioether (sulfide) groups is 1. The highest BCUT2D eigenvalue weighted by molar-refractivity contribution is 8.16. The van der Waals surface area contributed by atoms with E-state index in [-0.39, 0.29) is 23.4 Å². The Labute approximate surface area is 201 Å². The van der Waals surface area contributed by atoms with Crippen molar-refractivity contribution in [3.63, 3.8) is 0 Å². The first kappa shape index (κ1) is 25.9. The van der Waals surface area contributed by atoms with Crippen molar-refractivity contribution in [1.29, 1.82) is 0 Å². The molecule has 2 aliphatic rings. The first-order valence-corrected chi connectivity index (χ1v) is 11.9. The summed E-state index contributed by atoms with van der Waals surface area (Å²) < 4.78 is 47.6. The Hall–Kier alpha value is -2.75. The van der Waals surface area contributed by atoms with E-state index in [1.165, 1.54) is 4.90 Å². The molecule has 0 spiro atoms. The van der Waals surface area contributed by atoms with Gasteiger partial charge in [-0.25, -0.2) is 9.79 Å². The van der Waals surface area contributed by atoms with E-state index in [1.54, 1.807) is 38.3 Å². The van der Waals surface area contributed by atoms with Crippen LogP contribution in [0.25, 0.3) is 0 Å². The number of nitrogens with one attached hydrogen (secondary N) is 1. The molecule has 2 aliphatic heterocycles. The zero-order valence-electron chi connectivity index (χ0n) is 19.7. The average molecular weight is 496 g/mol. The highest BCUT2D eigenvalue weighted by Gasteiger charge is 2.49. The third kappa shape index (κ3) is 5.48. The number of amides is 1. The van der Waals surface area contributed by atoms with E-state index >= 15 is 0 Å². The fraction of sp³-hybridized carbons (Fsp3) is 0.458. The first-order chi connectivity index (χ1) is 15.9. The maximum absolute atomic E-state index is 14.1. The Balaban J connectivity index is 2.19. The number of carbonyl (C=O) groups excluding carboxylic acids is 2. The largest absolute Gasteiger partial charge is 0.459 e. The topological polar surface area (TPSA) is 71.0 Å². The molecule has 34 heavy (non-hydrogen) atoms. The molecule has 10 heteroatoms. The molecule has 0 saturated heterocycles. The van der Waals surface area contributed by atoms with Crippen LogP contribution in [0.2, 0.25) is 0 Å². The molecule has 0 saturated carbocycles. The van der Waals surface area contributed by atoms with E-state index in [9.17, 15) is 22.8 Å². The van der Waals surface area contributed by atoms with Crippen LogP contribution in [0.4, 0.5) is 13.2 Å². The summed E-state index contributed by atoms with van der Waals surface area (Å²) in [6.07, 6.45) is -5.56. The summed E-state index contributed by atoms with van der Waals surface area (Å²) in [5.41, 5.74) is 0.0740. The first-order valence-electron chi connectivity index (χ1n) is 11.1. The summed E-state index contributed by atoms with van der Waals surface area (Å²) in [5.74, 6) is -1.14. The lowest BCUT2D eigenvalue weighted by Crippen LogP contribution is -2.40. The summed E-state index contributed by atoms with van der Waals surface area (Å²) in [6.45, 7) is 9.37. The van der Waals surface area contributed by atoms with Crippen molar-refractivity contribution in [3.05, 3.63) is 57.8 Å². The Bertz CT molecular complexity index is 1040. The van der Waals surface area contributed by atoms with E-state index in [1.807, 2.05) is 26.0 Å². The monoisotopic (exact) mass is 495 g/mol. The van der Waals surface area contributed by atoms with Crippen molar-refractivity contribution < 1.29 is 27.5 Å². The van der Waals surface area contributed by atoms with Crippen molar-refractivity contribution in [2.45, 2.75) is 65.3 Å². The quantitative estimate of drug-likeness (QED) is 0.513. The molecule has 0 radical (unpaired) electrons. The molecule has 0 aromatic heterocycles. The number of benzene rings is 1. The van der Waals surface area contributed by atoms with Gasteiger partial charge in [-0.15, -0.1) is 0 Å².